The number of imidazole rings is 1. The van der Waals surface area contributed by atoms with E-state index in [0.29, 0.717) is 43.2 Å². The summed E-state index contributed by atoms with van der Waals surface area (Å²) in [5, 5.41) is 0. The Bertz CT molecular complexity index is 1320. The third-order valence-electron chi connectivity index (χ3n) is 6.61. The second kappa shape index (κ2) is 9.48. The SMILES string of the molecule is CCn1c(CN2CCN(S(=O)(=O)c3ccc(C)c(C)c3)CC2)nc2cc(C(=O)N(C)C)ccc21. The molecule has 0 atom stereocenters. The number of sulfonamides is 1. The topological polar surface area (TPSA) is 78.7 Å². The summed E-state index contributed by atoms with van der Waals surface area (Å²) in [6.45, 7) is 9.58. The molecule has 0 radical (unpaired) electrons. The number of nitrogens with zero attached hydrogens (tertiary/aromatic N) is 5. The zero-order chi connectivity index (χ0) is 24.6. The number of fused-ring (bicyclic) bond motifs is 1. The molecular weight excluding hydrogens is 450 g/mol. The molecule has 0 N–H and O–H groups in total. The molecule has 3 aromatic rings. The van der Waals surface area contributed by atoms with Crippen molar-refractivity contribution in [1.29, 1.82) is 0 Å². The van der Waals surface area contributed by atoms with Gasteiger partial charge in [-0.2, -0.15) is 4.31 Å². The number of amides is 1. The first-order chi connectivity index (χ1) is 16.1. The Balaban J connectivity index is 1.48. The lowest BCUT2D eigenvalue weighted by atomic mass is 10.1. The molecule has 2 heterocycles. The Hall–Kier alpha value is -2.75. The molecule has 1 saturated heterocycles. The van der Waals surface area contributed by atoms with Crippen LogP contribution in [0.25, 0.3) is 11.0 Å². The normalized spacial score (nSPS) is 15.7. The summed E-state index contributed by atoms with van der Waals surface area (Å²) in [5.41, 5.74) is 4.49. The van der Waals surface area contributed by atoms with E-state index in [-0.39, 0.29) is 5.91 Å². The number of carbonyl (C=O) groups excluding carboxylic acids is 1. The minimum absolute atomic E-state index is 0.0457. The maximum Gasteiger partial charge on any atom is 0.253 e. The fraction of sp³-hybridized carbons (Fsp3) is 0.440. The summed E-state index contributed by atoms with van der Waals surface area (Å²) in [5.74, 6) is 0.882. The van der Waals surface area contributed by atoms with Crippen LogP contribution in [0.15, 0.2) is 41.3 Å². The summed E-state index contributed by atoms with van der Waals surface area (Å²) in [7, 11) is -0.0239. The quantitative estimate of drug-likeness (QED) is 0.539. The molecular formula is C25H33N5O3S. The lowest BCUT2D eigenvalue weighted by Gasteiger charge is -2.33. The van der Waals surface area contributed by atoms with Crippen molar-refractivity contribution in [2.75, 3.05) is 40.3 Å². The molecule has 4 rings (SSSR count). The Morgan fingerprint density at radius 3 is 2.32 bits per heavy atom. The standard InChI is InChI=1S/C25H33N5O3S/c1-6-30-23-10-8-20(25(31)27(4)5)16-22(23)26-24(30)17-28-11-13-29(14-12-28)34(32,33)21-9-7-18(2)19(3)15-21/h7-10,15-16H,6,11-14,17H2,1-5H3. The summed E-state index contributed by atoms with van der Waals surface area (Å²) in [6.07, 6.45) is 0. The Labute approximate surface area is 201 Å². The van der Waals surface area contributed by atoms with Crippen LogP contribution in [0, 0.1) is 13.8 Å². The van der Waals surface area contributed by atoms with Crippen LogP contribution in [-0.4, -0.2) is 78.3 Å². The van der Waals surface area contributed by atoms with E-state index in [9.17, 15) is 13.2 Å². The van der Waals surface area contributed by atoms with Gasteiger partial charge in [-0.25, -0.2) is 13.4 Å². The zero-order valence-electron chi connectivity index (χ0n) is 20.6. The molecule has 1 aliphatic heterocycles. The number of benzene rings is 2. The van der Waals surface area contributed by atoms with Gasteiger partial charge in [-0.1, -0.05) is 6.07 Å². The van der Waals surface area contributed by atoms with Crippen LogP contribution in [0.4, 0.5) is 0 Å². The molecule has 182 valence electrons. The number of carbonyl (C=O) groups is 1. The van der Waals surface area contributed by atoms with Crippen molar-refractivity contribution in [3.63, 3.8) is 0 Å². The van der Waals surface area contributed by atoms with Crippen molar-refractivity contribution in [3.8, 4) is 0 Å². The number of hydrogen-bond donors (Lipinski definition) is 0. The second-order valence-corrected chi connectivity index (χ2v) is 11.0. The third-order valence-corrected chi connectivity index (χ3v) is 8.50. The molecule has 0 bridgehead atoms. The average Bonchev–Trinajstić information content (AvgIpc) is 3.16. The monoisotopic (exact) mass is 483 g/mol. The van der Waals surface area contributed by atoms with Crippen LogP contribution in [0.2, 0.25) is 0 Å². The van der Waals surface area contributed by atoms with Crippen LogP contribution in [0.3, 0.4) is 0 Å². The second-order valence-electron chi connectivity index (χ2n) is 9.10. The highest BCUT2D eigenvalue weighted by atomic mass is 32.2. The van der Waals surface area contributed by atoms with Crippen LogP contribution in [0.5, 0.6) is 0 Å². The van der Waals surface area contributed by atoms with Crippen molar-refractivity contribution in [3.05, 3.63) is 58.9 Å². The molecule has 1 aliphatic rings. The van der Waals surface area contributed by atoms with Crippen molar-refractivity contribution in [2.45, 2.75) is 38.8 Å². The van der Waals surface area contributed by atoms with E-state index in [1.807, 2.05) is 38.1 Å². The highest BCUT2D eigenvalue weighted by Crippen LogP contribution is 2.23. The van der Waals surface area contributed by atoms with Crippen molar-refractivity contribution < 1.29 is 13.2 Å². The average molecular weight is 484 g/mol. The fourth-order valence-corrected chi connectivity index (χ4v) is 5.90. The third kappa shape index (κ3) is 4.60. The predicted octanol–water partition coefficient (Wildman–Crippen LogP) is 2.88. The minimum Gasteiger partial charge on any atom is -0.345 e. The number of piperazine rings is 1. The molecule has 0 spiro atoms. The van der Waals surface area contributed by atoms with Gasteiger partial charge in [0.05, 0.1) is 22.5 Å². The number of aromatic nitrogens is 2. The molecule has 1 amide bonds. The van der Waals surface area contributed by atoms with Crippen LogP contribution in [-0.2, 0) is 23.1 Å². The summed E-state index contributed by atoms with van der Waals surface area (Å²) < 4.78 is 30.0. The van der Waals surface area contributed by atoms with E-state index in [2.05, 4.69) is 16.4 Å². The maximum absolute atomic E-state index is 13.1. The molecule has 0 saturated carbocycles. The van der Waals surface area contributed by atoms with E-state index in [4.69, 9.17) is 4.98 Å². The van der Waals surface area contributed by atoms with Gasteiger partial charge in [0.1, 0.15) is 5.82 Å². The first kappa shape index (κ1) is 24.4. The van der Waals surface area contributed by atoms with E-state index >= 15 is 0 Å². The largest absolute Gasteiger partial charge is 0.345 e. The Morgan fingerprint density at radius 2 is 1.71 bits per heavy atom. The van der Waals surface area contributed by atoms with Gasteiger partial charge in [0, 0.05) is 52.4 Å². The van der Waals surface area contributed by atoms with Crippen molar-refractivity contribution >= 4 is 27.0 Å². The molecule has 0 aliphatic carbocycles. The van der Waals surface area contributed by atoms with Gasteiger partial charge in [-0.15, -0.1) is 0 Å². The number of aryl methyl sites for hydroxylation is 3. The van der Waals surface area contributed by atoms with Crippen LogP contribution < -0.4 is 0 Å². The number of rotatable bonds is 6. The van der Waals surface area contributed by atoms with Crippen LogP contribution >= 0.6 is 0 Å². The minimum atomic E-state index is -3.50. The molecule has 8 nitrogen and oxygen atoms in total. The van der Waals surface area contributed by atoms with Gasteiger partial charge in [0.15, 0.2) is 0 Å². The van der Waals surface area contributed by atoms with Gasteiger partial charge in [0.2, 0.25) is 10.0 Å². The van der Waals surface area contributed by atoms with Gasteiger partial charge in [-0.3, -0.25) is 9.69 Å². The number of hydrogen-bond acceptors (Lipinski definition) is 5. The smallest absolute Gasteiger partial charge is 0.253 e. The molecule has 34 heavy (non-hydrogen) atoms. The van der Waals surface area contributed by atoms with Crippen LogP contribution in [0.1, 0.15) is 34.2 Å². The lowest BCUT2D eigenvalue weighted by molar-refractivity contribution is 0.0827. The first-order valence-electron chi connectivity index (χ1n) is 11.6. The summed E-state index contributed by atoms with van der Waals surface area (Å²) in [6, 6.07) is 11.0. The Morgan fingerprint density at radius 1 is 1.00 bits per heavy atom. The summed E-state index contributed by atoms with van der Waals surface area (Å²) in [4.78, 5) is 21.3. The molecule has 0 unspecified atom stereocenters. The maximum atomic E-state index is 13.1. The van der Waals surface area contributed by atoms with Gasteiger partial charge >= 0.3 is 0 Å². The predicted molar refractivity (Wildman–Crippen MR) is 133 cm³/mol. The van der Waals surface area contributed by atoms with Gasteiger partial charge < -0.3 is 9.47 Å². The Kier molecular flexibility index (Phi) is 6.80. The highest BCUT2D eigenvalue weighted by Gasteiger charge is 2.29. The van der Waals surface area contributed by atoms with E-state index < -0.39 is 10.0 Å². The first-order valence-corrected chi connectivity index (χ1v) is 13.1. The van der Waals surface area contributed by atoms with Crippen molar-refractivity contribution in [2.24, 2.45) is 0 Å². The molecule has 2 aromatic carbocycles. The molecule has 1 aromatic heterocycles. The van der Waals surface area contributed by atoms with Gasteiger partial charge in [0.25, 0.3) is 5.91 Å². The van der Waals surface area contributed by atoms with E-state index in [1.165, 1.54) is 0 Å². The lowest BCUT2D eigenvalue weighted by Crippen LogP contribution is -2.48. The fourth-order valence-electron chi connectivity index (χ4n) is 4.40. The van der Waals surface area contributed by atoms with E-state index in [0.717, 1.165) is 34.5 Å². The molecule has 1 fully saturated rings. The van der Waals surface area contributed by atoms with E-state index in [1.54, 1.807) is 35.4 Å². The molecule has 9 heteroatoms. The van der Waals surface area contributed by atoms with Crippen molar-refractivity contribution in [1.82, 2.24) is 23.7 Å². The highest BCUT2D eigenvalue weighted by molar-refractivity contribution is 7.89. The van der Waals surface area contributed by atoms with Gasteiger partial charge in [-0.05, 0) is 62.2 Å². The zero-order valence-corrected chi connectivity index (χ0v) is 21.4. The summed E-state index contributed by atoms with van der Waals surface area (Å²) >= 11 is 0.